The Bertz CT molecular complexity index is 301. The van der Waals surface area contributed by atoms with E-state index < -0.39 is 14.7 Å². The molecule has 0 aliphatic carbocycles. The van der Waals surface area contributed by atoms with Crippen molar-refractivity contribution in [1.29, 1.82) is 0 Å². The normalized spacial score (nSPS) is 10.1. The summed E-state index contributed by atoms with van der Waals surface area (Å²) in [4.78, 5) is 11.4. The molecule has 0 fully saturated rings. The van der Waals surface area contributed by atoms with Crippen LogP contribution in [0, 0.1) is 0 Å². The van der Waals surface area contributed by atoms with Crippen LogP contribution in [0.4, 0.5) is 10.5 Å². The Hall–Kier alpha value is -0.952. The number of benzene rings is 1. The Balaban J connectivity index is 2.25. The molecule has 0 aliphatic rings. The molecular formula is C11H17AsN2O. The third kappa shape index (κ3) is 5.48. The molecule has 0 heterocycles. The van der Waals surface area contributed by atoms with Crippen LogP contribution in [0.3, 0.4) is 0 Å². The summed E-state index contributed by atoms with van der Waals surface area (Å²) in [5.41, 5.74) is 5.39. The zero-order valence-electron chi connectivity index (χ0n) is 9.16. The molecule has 15 heavy (non-hydrogen) atoms. The first-order valence-corrected chi connectivity index (χ1v) is 10.0. The predicted octanol–water partition coefficient (Wildman–Crippen LogP) is 2.56. The Labute approximate surface area is 95.5 Å². The third-order valence-corrected chi connectivity index (χ3v) is 4.22. The van der Waals surface area contributed by atoms with E-state index in [2.05, 4.69) is 22.1 Å². The maximum atomic E-state index is 11.4. The first-order chi connectivity index (χ1) is 7.18. The minimum atomic E-state index is -0.615. The Morgan fingerprint density at radius 1 is 1.27 bits per heavy atom. The molecule has 82 valence electrons. The number of carbonyl (C=O) groups is 1. The summed E-state index contributed by atoms with van der Waals surface area (Å²) in [5, 5.41) is 6.78. The van der Waals surface area contributed by atoms with Gasteiger partial charge in [-0.05, 0) is 0 Å². The van der Waals surface area contributed by atoms with Crippen LogP contribution in [-0.2, 0) is 0 Å². The van der Waals surface area contributed by atoms with Gasteiger partial charge >= 0.3 is 95.3 Å². The van der Waals surface area contributed by atoms with E-state index in [1.807, 2.05) is 30.3 Å². The SMILES string of the molecule is C[As](C)CCNC(=O)Nc1ccccc1. The molecule has 2 N–H and O–H groups in total. The van der Waals surface area contributed by atoms with Gasteiger partial charge < -0.3 is 0 Å². The molecule has 3 nitrogen and oxygen atoms in total. The summed E-state index contributed by atoms with van der Waals surface area (Å²) in [6.07, 6.45) is 0. The summed E-state index contributed by atoms with van der Waals surface area (Å²) in [6, 6.07) is 9.35. The van der Waals surface area contributed by atoms with Crippen LogP contribution in [-0.4, -0.2) is 27.2 Å². The Kier molecular flexibility index (Phi) is 5.27. The van der Waals surface area contributed by atoms with E-state index in [4.69, 9.17) is 0 Å². The molecule has 0 saturated carbocycles. The van der Waals surface area contributed by atoms with Crippen LogP contribution in [0.25, 0.3) is 0 Å². The molecule has 0 aromatic heterocycles. The number of carbonyl (C=O) groups excluding carboxylic acids is 1. The fourth-order valence-corrected chi connectivity index (χ4v) is 2.26. The fourth-order valence-electron chi connectivity index (χ4n) is 1.09. The number of hydrogen-bond acceptors (Lipinski definition) is 1. The predicted molar refractivity (Wildman–Crippen MR) is 65.8 cm³/mol. The average molecular weight is 268 g/mol. The monoisotopic (exact) mass is 268 g/mol. The van der Waals surface area contributed by atoms with Crippen molar-refractivity contribution in [3.63, 3.8) is 0 Å². The number of amides is 2. The van der Waals surface area contributed by atoms with E-state index in [-0.39, 0.29) is 6.03 Å². The molecule has 1 rings (SSSR count). The molecule has 0 aliphatic heterocycles. The van der Waals surface area contributed by atoms with Crippen LogP contribution in [0.15, 0.2) is 30.3 Å². The van der Waals surface area contributed by atoms with Crippen LogP contribution in [0.1, 0.15) is 0 Å². The molecule has 1 aromatic rings. The number of hydrogen-bond donors (Lipinski definition) is 2. The van der Waals surface area contributed by atoms with Crippen molar-refractivity contribution in [3.8, 4) is 0 Å². The van der Waals surface area contributed by atoms with Gasteiger partial charge in [-0.1, -0.05) is 0 Å². The van der Waals surface area contributed by atoms with Crippen molar-refractivity contribution in [1.82, 2.24) is 5.32 Å². The van der Waals surface area contributed by atoms with Gasteiger partial charge in [0.25, 0.3) is 0 Å². The summed E-state index contributed by atoms with van der Waals surface area (Å²) in [5.74, 6) is 0. The minimum absolute atomic E-state index is 0.114. The molecule has 1 aromatic carbocycles. The van der Waals surface area contributed by atoms with Gasteiger partial charge in [-0.2, -0.15) is 0 Å². The number of para-hydroxylation sites is 1. The van der Waals surface area contributed by atoms with Gasteiger partial charge in [-0.3, -0.25) is 0 Å². The van der Waals surface area contributed by atoms with Gasteiger partial charge in [0.2, 0.25) is 0 Å². The van der Waals surface area contributed by atoms with Crippen LogP contribution >= 0.6 is 0 Å². The molecule has 0 atom stereocenters. The van der Waals surface area contributed by atoms with Crippen molar-refractivity contribution < 1.29 is 4.79 Å². The quantitative estimate of drug-likeness (QED) is 0.809. The summed E-state index contributed by atoms with van der Waals surface area (Å²) in [7, 11) is 0. The third-order valence-electron chi connectivity index (χ3n) is 1.88. The van der Waals surface area contributed by atoms with Crippen molar-refractivity contribution >= 4 is 26.4 Å². The van der Waals surface area contributed by atoms with Crippen LogP contribution in [0.2, 0.25) is 16.6 Å². The Morgan fingerprint density at radius 2 is 1.93 bits per heavy atom. The van der Waals surface area contributed by atoms with Gasteiger partial charge in [0, 0.05) is 0 Å². The van der Waals surface area contributed by atoms with Crippen molar-refractivity contribution in [2.45, 2.75) is 16.6 Å². The molecule has 0 spiro atoms. The van der Waals surface area contributed by atoms with Gasteiger partial charge in [0.1, 0.15) is 0 Å². The molecule has 2 amide bonds. The van der Waals surface area contributed by atoms with Crippen molar-refractivity contribution in [2.75, 3.05) is 11.9 Å². The standard InChI is InChI=1S/C11H17AsN2O/c1-12(2)8-9-13-11(15)14-10-6-4-3-5-7-10/h3-7H,8-9H2,1-2H3,(H2,13,14,15). The maximum absolute atomic E-state index is 11.4. The van der Waals surface area contributed by atoms with Crippen LogP contribution in [0.5, 0.6) is 0 Å². The van der Waals surface area contributed by atoms with Gasteiger partial charge in [-0.15, -0.1) is 0 Å². The van der Waals surface area contributed by atoms with Crippen LogP contribution < -0.4 is 10.6 Å². The zero-order valence-corrected chi connectivity index (χ0v) is 11.0. The molecular weight excluding hydrogens is 251 g/mol. The molecule has 0 radical (unpaired) electrons. The van der Waals surface area contributed by atoms with Gasteiger partial charge in [0.05, 0.1) is 0 Å². The summed E-state index contributed by atoms with van der Waals surface area (Å²) < 4.78 is 0. The topological polar surface area (TPSA) is 41.1 Å². The first kappa shape index (κ1) is 12.1. The van der Waals surface area contributed by atoms with Crippen molar-refractivity contribution in [2.24, 2.45) is 0 Å². The van der Waals surface area contributed by atoms with E-state index >= 15 is 0 Å². The molecule has 4 heteroatoms. The summed E-state index contributed by atoms with van der Waals surface area (Å²) in [6.45, 7) is 0.783. The number of urea groups is 1. The molecule has 0 saturated heterocycles. The Morgan fingerprint density at radius 3 is 2.53 bits per heavy atom. The number of rotatable bonds is 4. The van der Waals surface area contributed by atoms with Gasteiger partial charge in [-0.25, -0.2) is 0 Å². The van der Waals surface area contributed by atoms with E-state index in [0.717, 1.165) is 17.4 Å². The van der Waals surface area contributed by atoms with E-state index in [9.17, 15) is 4.79 Å². The van der Waals surface area contributed by atoms with Crippen molar-refractivity contribution in [3.05, 3.63) is 30.3 Å². The van der Waals surface area contributed by atoms with E-state index in [1.165, 1.54) is 0 Å². The van der Waals surface area contributed by atoms with Gasteiger partial charge in [0.15, 0.2) is 0 Å². The zero-order chi connectivity index (χ0) is 11.1. The number of anilines is 1. The second-order valence-corrected chi connectivity index (χ2v) is 9.02. The average Bonchev–Trinajstić information content (AvgIpc) is 2.18. The first-order valence-electron chi connectivity index (χ1n) is 4.93. The molecule has 0 bridgehead atoms. The number of nitrogens with one attached hydrogen (secondary N) is 2. The summed E-state index contributed by atoms with van der Waals surface area (Å²) >= 11 is -0.615. The fraction of sp³-hybridized carbons (Fsp3) is 0.364. The van der Waals surface area contributed by atoms with E-state index in [1.54, 1.807) is 0 Å². The molecule has 0 unspecified atom stereocenters. The van der Waals surface area contributed by atoms with E-state index in [0.29, 0.717) is 0 Å². The second kappa shape index (κ2) is 6.52. The second-order valence-electron chi connectivity index (χ2n) is 3.55.